The highest BCUT2D eigenvalue weighted by Crippen LogP contribution is 2.29. The summed E-state index contributed by atoms with van der Waals surface area (Å²) in [6, 6.07) is 4.22. The van der Waals surface area contributed by atoms with Crippen LogP contribution >= 0.6 is 0 Å². The molecule has 0 bridgehead atoms. The van der Waals surface area contributed by atoms with Crippen LogP contribution in [0.25, 0.3) is 0 Å². The van der Waals surface area contributed by atoms with E-state index in [2.05, 4.69) is 35.2 Å². The summed E-state index contributed by atoms with van der Waals surface area (Å²) < 4.78 is 5.44. The summed E-state index contributed by atoms with van der Waals surface area (Å²) in [4.78, 5) is 8.42. The predicted molar refractivity (Wildman–Crippen MR) is 79.9 cm³/mol. The van der Waals surface area contributed by atoms with Crippen LogP contribution in [0.1, 0.15) is 36.1 Å². The second-order valence-electron chi connectivity index (χ2n) is 4.80. The molecule has 1 unspecified atom stereocenters. The van der Waals surface area contributed by atoms with E-state index >= 15 is 0 Å². The Hall–Kier alpha value is -1.94. The summed E-state index contributed by atoms with van der Waals surface area (Å²) >= 11 is 0. The van der Waals surface area contributed by atoms with Crippen molar-refractivity contribution in [2.75, 3.05) is 13.7 Å². The van der Waals surface area contributed by atoms with Gasteiger partial charge in [-0.15, -0.1) is 0 Å². The summed E-state index contributed by atoms with van der Waals surface area (Å²) in [5.41, 5.74) is 3.38. The van der Waals surface area contributed by atoms with Crippen molar-refractivity contribution >= 4 is 0 Å². The lowest BCUT2D eigenvalue weighted by Gasteiger charge is -2.21. The molecule has 4 nitrogen and oxygen atoms in total. The molecule has 0 amide bonds. The number of hydrogen-bond acceptors (Lipinski definition) is 4. The van der Waals surface area contributed by atoms with E-state index in [1.54, 1.807) is 19.5 Å². The first-order valence-corrected chi connectivity index (χ1v) is 6.89. The molecule has 0 aliphatic rings. The molecule has 20 heavy (non-hydrogen) atoms. The molecule has 106 valence electrons. The van der Waals surface area contributed by atoms with E-state index < -0.39 is 0 Å². The Bertz CT molecular complexity index is 557. The van der Waals surface area contributed by atoms with Gasteiger partial charge in [-0.25, -0.2) is 0 Å². The molecule has 0 aliphatic carbocycles. The molecular weight excluding hydrogens is 250 g/mol. The van der Waals surface area contributed by atoms with E-state index in [1.807, 2.05) is 18.5 Å². The molecule has 0 aromatic carbocycles. The van der Waals surface area contributed by atoms with Gasteiger partial charge in [0.05, 0.1) is 19.3 Å². The molecule has 2 aromatic rings. The molecule has 0 spiro atoms. The van der Waals surface area contributed by atoms with E-state index in [-0.39, 0.29) is 6.04 Å². The van der Waals surface area contributed by atoms with Gasteiger partial charge >= 0.3 is 0 Å². The van der Waals surface area contributed by atoms with E-state index in [1.165, 1.54) is 0 Å². The van der Waals surface area contributed by atoms with Crippen molar-refractivity contribution in [3.05, 3.63) is 53.6 Å². The van der Waals surface area contributed by atoms with Crippen LogP contribution in [0.2, 0.25) is 0 Å². The fourth-order valence-corrected chi connectivity index (χ4v) is 2.23. The van der Waals surface area contributed by atoms with Gasteiger partial charge in [0, 0.05) is 24.2 Å². The summed E-state index contributed by atoms with van der Waals surface area (Å²) in [5.74, 6) is 0.794. The number of aromatic nitrogens is 2. The summed E-state index contributed by atoms with van der Waals surface area (Å²) in [6.07, 6.45) is 8.38. The Balaban J connectivity index is 2.41. The van der Waals surface area contributed by atoms with Crippen molar-refractivity contribution in [1.29, 1.82) is 0 Å². The zero-order valence-electron chi connectivity index (χ0n) is 12.3. The number of pyridine rings is 2. The Morgan fingerprint density at radius 2 is 2.10 bits per heavy atom. The average molecular weight is 271 g/mol. The third-order valence-electron chi connectivity index (χ3n) is 3.18. The lowest BCUT2D eigenvalue weighted by atomic mass is 9.99. The maximum atomic E-state index is 5.44. The third-order valence-corrected chi connectivity index (χ3v) is 3.18. The van der Waals surface area contributed by atoms with Gasteiger partial charge in [0.15, 0.2) is 0 Å². The van der Waals surface area contributed by atoms with Crippen LogP contribution in [0.3, 0.4) is 0 Å². The van der Waals surface area contributed by atoms with Crippen molar-refractivity contribution in [2.45, 2.75) is 26.3 Å². The Labute approximate surface area is 120 Å². The molecule has 2 heterocycles. The molecule has 0 radical (unpaired) electrons. The van der Waals surface area contributed by atoms with Gasteiger partial charge in [0.2, 0.25) is 0 Å². The first-order chi connectivity index (χ1) is 9.76. The van der Waals surface area contributed by atoms with Crippen LogP contribution in [0.5, 0.6) is 5.75 Å². The number of hydrogen-bond donors (Lipinski definition) is 1. The Kier molecular flexibility index (Phi) is 5.07. The minimum atomic E-state index is 0.0697. The van der Waals surface area contributed by atoms with Crippen molar-refractivity contribution < 1.29 is 4.74 Å². The number of rotatable bonds is 6. The van der Waals surface area contributed by atoms with Gasteiger partial charge in [-0.1, -0.05) is 13.0 Å². The van der Waals surface area contributed by atoms with E-state index in [0.717, 1.165) is 35.4 Å². The summed E-state index contributed by atoms with van der Waals surface area (Å²) in [7, 11) is 1.67. The number of methoxy groups -OCH3 is 1. The fraction of sp³-hybridized carbons (Fsp3) is 0.375. The number of nitrogens with one attached hydrogen (secondary N) is 1. The SMILES string of the molecule is CCCNC(c1cncc(C)c1)c1ccncc1OC. The second kappa shape index (κ2) is 7.01. The maximum Gasteiger partial charge on any atom is 0.142 e. The maximum absolute atomic E-state index is 5.44. The van der Waals surface area contributed by atoms with Gasteiger partial charge in [0.25, 0.3) is 0 Å². The Morgan fingerprint density at radius 1 is 1.25 bits per heavy atom. The Morgan fingerprint density at radius 3 is 2.80 bits per heavy atom. The van der Waals surface area contributed by atoms with Gasteiger partial charge in [0.1, 0.15) is 5.75 Å². The fourth-order valence-electron chi connectivity index (χ4n) is 2.23. The molecule has 4 heteroatoms. The monoisotopic (exact) mass is 271 g/mol. The van der Waals surface area contributed by atoms with Gasteiger partial charge < -0.3 is 10.1 Å². The highest BCUT2D eigenvalue weighted by molar-refractivity contribution is 5.39. The molecule has 2 aromatic heterocycles. The van der Waals surface area contributed by atoms with Crippen LogP contribution in [0, 0.1) is 6.92 Å². The molecule has 1 atom stereocenters. The number of ether oxygens (including phenoxy) is 1. The minimum absolute atomic E-state index is 0.0697. The second-order valence-corrected chi connectivity index (χ2v) is 4.80. The zero-order valence-corrected chi connectivity index (χ0v) is 12.3. The largest absolute Gasteiger partial charge is 0.495 e. The zero-order chi connectivity index (χ0) is 14.4. The highest BCUT2D eigenvalue weighted by atomic mass is 16.5. The summed E-state index contributed by atoms with van der Waals surface area (Å²) in [5, 5.41) is 3.56. The lowest BCUT2D eigenvalue weighted by molar-refractivity contribution is 0.401. The van der Waals surface area contributed by atoms with Crippen molar-refractivity contribution in [2.24, 2.45) is 0 Å². The van der Waals surface area contributed by atoms with Crippen LogP contribution in [-0.4, -0.2) is 23.6 Å². The smallest absolute Gasteiger partial charge is 0.142 e. The molecule has 0 saturated heterocycles. The molecule has 0 fully saturated rings. The topological polar surface area (TPSA) is 47.0 Å². The third kappa shape index (κ3) is 3.33. The van der Waals surface area contributed by atoms with Gasteiger partial charge in [-0.2, -0.15) is 0 Å². The van der Waals surface area contributed by atoms with Gasteiger partial charge in [-0.3, -0.25) is 9.97 Å². The predicted octanol–water partition coefficient (Wildman–Crippen LogP) is 2.88. The molecular formula is C16H21N3O. The van der Waals surface area contributed by atoms with E-state index in [9.17, 15) is 0 Å². The molecule has 1 N–H and O–H groups in total. The van der Waals surface area contributed by atoms with Crippen LogP contribution in [0.15, 0.2) is 36.9 Å². The van der Waals surface area contributed by atoms with Crippen molar-refractivity contribution in [3.8, 4) is 5.75 Å². The molecule has 0 aliphatic heterocycles. The summed E-state index contributed by atoms with van der Waals surface area (Å²) in [6.45, 7) is 5.14. The van der Waals surface area contributed by atoms with Crippen LogP contribution in [0.4, 0.5) is 0 Å². The average Bonchev–Trinajstić information content (AvgIpc) is 2.48. The normalized spacial score (nSPS) is 12.2. The molecule has 2 rings (SSSR count). The molecule has 0 saturated carbocycles. The first-order valence-electron chi connectivity index (χ1n) is 6.89. The lowest BCUT2D eigenvalue weighted by Crippen LogP contribution is -2.24. The van der Waals surface area contributed by atoms with Gasteiger partial charge in [-0.05, 0) is 37.1 Å². The van der Waals surface area contributed by atoms with Crippen molar-refractivity contribution in [3.63, 3.8) is 0 Å². The highest BCUT2D eigenvalue weighted by Gasteiger charge is 2.18. The van der Waals surface area contributed by atoms with Crippen LogP contribution in [-0.2, 0) is 0 Å². The van der Waals surface area contributed by atoms with Crippen LogP contribution < -0.4 is 10.1 Å². The first kappa shape index (κ1) is 14.5. The van der Waals surface area contributed by atoms with E-state index in [0.29, 0.717) is 0 Å². The number of aryl methyl sites for hydroxylation is 1. The van der Waals surface area contributed by atoms with Crippen molar-refractivity contribution in [1.82, 2.24) is 15.3 Å². The minimum Gasteiger partial charge on any atom is -0.495 e. The number of nitrogens with zero attached hydrogens (tertiary/aromatic N) is 2. The standard InChI is InChI=1S/C16H21N3O/c1-4-6-19-16(13-8-12(2)9-18-10-13)14-5-7-17-11-15(14)20-3/h5,7-11,16,19H,4,6H2,1-3H3. The van der Waals surface area contributed by atoms with E-state index in [4.69, 9.17) is 4.74 Å². The quantitative estimate of drug-likeness (QED) is 0.877.